The summed E-state index contributed by atoms with van der Waals surface area (Å²) in [5, 5.41) is 18.7. The Kier molecular flexibility index (Phi) is 3.99. The zero-order valence-electron chi connectivity index (χ0n) is 14.0. The topological polar surface area (TPSA) is 74.0 Å². The van der Waals surface area contributed by atoms with Gasteiger partial charge in [0.25, 0.3) is 0 Å². The van der Waals surface area contributed by atoms with Gasteiger partial charge in [-0.15, -0.1) is 0 Å². The van der Waals surface area contributed by atoms with Gasteiger partial charge in [0.05, 0.1) is 12.2 Å². The molecule has 2 bridgehead atoms. The smallest absolute Gasteiger partial charge is 0.338 e. The zero-order chi connectivity index (χ0) is 16.8. The van der Waals surface area contributed by atoms with Gasteiger partial charge in [0.15, 0.2) is 5.69 Å². The van der Waals surface area contributed by atoms with E-state index in [1.165, 1.54) is 37.1 Å². The molecule has 23 heavy (non-hydrogen) atoms. The lowest BCUT2D eigenvalue weighted by Gasteiger charge is -2.34. The minimum atomic E-state index is -0.998. The number of quaternary nitrogens is 1. The highest BCUT2D eigenvalue weighted by molar-refractivity contribution is 5.89. The van der Waals surface area contributed by atoms with Crippen molar-refractivity contribution in [1.29, 1.82) is 0 Å². The van der Waals surface area contributed by atoms with Crippen LogP contribution in [0.25, 0.3) is 0 Å². The molecule has 0 aromatic heterocycles. The molecule has 5 heteroatoms. The number of esters is 1. The average molecular weight is 319 g/mol. The largest absolute Gasteiger partial charge is 0.595 e. The maximum absolute atomic E-state index is 12.2. The van der Waals surface area contributed by atoms with Gasteiger partial charge in [0.2, 0.25) is 0 Å². The summed E-state index contributed by atoms with van der Waals surface area (Å²) < 4.78 is 5.52. The molecule has 2 aliphatic rings. The Morgan fingerprint density at radius 2 is 2.00 bits per heavy atom. The lowest BCUT2D eigenvalue weighted by Crippen LogP contribution is -2.99. The van der Waals surface area contributed by atoms with Gasteiger partial charge >= 0.3 is 5.97 Å². The molecule has 1 aromatic rings. The summed E-state index contributed by atoms with van der Waals surface area (Å²) in [6.07, 6.45) is 3.61. The van der Waals surface area contributed by atoms with Crippen LogP contribution in [-0.2, 0) is 4.74 Å². The maximum atomic E-state index is 12.2. The molecular formula is C18H25NO4. The van der Waals surface area contributed by atoms with Crippen molar-refractivity contribution in [3.05, 3.63) is 35.0 Å². The van der Waals surface area contributed by atoms with E-state index in [9.17, 15) is 10.0 Å². The maximum Gasteiger partial charge on any atom is 0.338 e. The third-order valence-electron chi connectivity index (χ3n) is 6.57. The second kappa shape index (κ2) is 5.58. The fraction of sp³-hybridized carbons (Fsp3) is 0.611. The standard InChI is InChI=1S/C18H25NO4/c1-17(2)15-8-9-18(17,3)10-13(15)11-23-16(20)12-4-6-14(7-5-12)19(21)22/h4-7,13,15,19,21H,8-11H2,1-3H3. The molecule has 0 heterocycles. The highest BCUT2D eigenvalue weighted by atomic mass is 16.8. The normalized spacial score (nSPS) is 32.7. The number of rotatable bonds is 4. The van der Waals surface area contributed by atoms with Crippen molar-refractivity contribution in [2.75, 3.05) is 6.61 Å². The summed E-state index contributed by atoms with van der Waals surface area (Å²) in [4.78, 5) is 12.2. The Morgan fingerprint density at radius 3 is 2.48 bits per heavy atom. The van der Waals surface area contributed by atoms with E-state index < -0.39 is 5.23 Å². The molecule has 2 aliphatic carbocycles. The molecular weight excluding hydrogens is 294 g/mol. The summed E-state index contributed by atoms with van der Waals surface area (Å²) in [5.74, 6) is 0.688. The summed E-state index contributed by atoms with van der Waals surface area (Å²) in [6.45, 7) is 7.51. The molecule has 4 atom stereocenters. The predicted molar refractivity (Wildman–Crippen MR) is 85.2 cm³/mol. The van der Waals surface area contributed by atoms with E-state index >= 15 is 0 Å². The van der Waals surface area contributed by atoms with Gasteiger partial charge < -0.3 is 9.94 Å². The van der Waals surface area contributed by atoms with Crippen LogP contribution in [0.5, 0.6) is 0 Å². The van der Waals surface area contributed by atoms with Gasteiger partial charge in [0.1, 0.15) is 0 Å². The van der Waals surface area contributed by atoms with E-state index in [0.717, 1.165) is 6.42 Å². The van der Waals surface area contributed by atoms with E-state index in [1.807, 2.05) is 0 Å². The van der Waals surface area contributed by atoms with Crippen molar-refractivity contribution in [3.8, 4) is 0 Å². The summed E-state index contributed by atoms with van der Waals surface area (Å²) in [7, 11) is 0. The van der Waals surface area contributed by atoms with Crippen LogP contribution < -0.4 is 5.23 Å². The molecule has 4 unspecified atom stereocenters. The molecule has 0 radical (unpaired) electrons. The number of carbonyl (C=O) groups excluding carboxylic acids is 1. The zero-order valence-corrected chi connectivity index (χ0v) is 14.0. The van der Waals surface area contributed by atoms with E-state index in [-0.39, 0.29) is 11.7 Å². The highest BCUT2D eigenvalue weighted by Crippen LogP contribution is 2.67. The third-order valence-corrected chi connectivity index (χ3v) is 6.57. The number of ether oxygens (including phenoxy) is 1. The Hall–Kier alpha value is -1.43. The van der Waals surface area contributed by atoms with Gasteiger partial charge in [-0.1, -0.05) is 20.8 Å². The van der Waals surface area contributed by atoms with Crippen molar-refractivity contribution in [1.82, 2.24) is 0 Å². The first kappa shape index (κ1) is 16.4. The van der Waals surface area contributed by atoms with E-state index in [4.69, 9.17) is 9.94 Å². The van der Waals surface area contributed by atoms with Crippen LogP contribution in [0.1, 0.15) is 50.4 Å². The van der Waals surface area contributed by atoms with E-state index in [1.54, 1.807) is 0 Å². The van der Waals surface area contributed by atoms with Crippen molar-refractivity contribution in [2.45, 2.75) is 40.0 Å². The minimum absolute atomic E-state index is 0.171. The van der Waals surface area contributed by atoms with Gasteiger partial charge in [-0.3, -0.25) is 0 Å². The lowest BCUT2D eigenvalue weighted by molar-refractivity contribution is -0.991. The van der Waals surface area contributed by atoms with Crippen LogP contribution in [-0.4, -0.2) is 17.8 Å². The second-order valence-corrected chi connectivity index (χ2v) is 7.87. The Morgan fingerprint density at radius 1 is 1.35 bits per heavy atom. The summed E-state index contributed by atoms with van der Waals surface area (Å²) in [6, 6.07) is 5.89. The second-order valence-electron chi connectivity index (χ2n) is 7.87. The van der Waals surface area contributed by atoms with Crippen LogP contribution >= 0.6 is 0 Å². The molecule has 1 aromatic carbocycles. The molecule has 2 N–H and O–H groups in total. The van der Waals surface area contributed by atoms with Crippen LogP contribution in [0, 0.1) is 27.9 Å². The first-order valence-electron chi connectivity index (χ1n) is 8.25. The first-order chi connectivity index (χ1) is 10.7. The minimum Gasteiger partial charge on any atom is -0.595 e. The van der Waals surface area contributed by atoms with Gasteiger partial charge in [-0.2, -0.15) is 5.23 Å². The number of hydrogen-bond donors (Lipinski definition) is 2. The Balaban J connectivity index is 1.60. The summed E-state index contributed by atoms with van der Waals surface area (Å²) >= 11 is 0. The molecule has 0 aliphatic heterocycles. The van der Waals surface area contributed by atoms with Crippen molar-refractivity contribution in [2.24, 2.45) is 22.7 Å². The Labute approximate surface area is 136 Å². The molecule has 126 valence electrons. The number of fused-ring (bicyclic) bond motifs is 2. The predicted octanol–water partition coefficient (Wildman–Crippen LogP) is 2.71. The monoisotopic (exact) mass is 319 g/mol. The first-order valence-corrected chi connectivity index (χ1v) is 8.25. The van der Waals surface area contributed by atoms with Gasteiger partial charge in [-0.05, 0) is 54.1 Å². The van der Waals surface area contributed by atoms with Gasteiger partial charge in [0, 0.05) is 12.1 Å². The van der Waals surface area contributed by atoms with Gasteiger partial charge in [-0.25, -0.2) is 10.0 Å². The van der Waals surface area contributed by atoms with Crippen molar-refractivity contribution < 1.29 is 20.0 Å². The van der Waals surface area contributed by atoms with E-state index in [2.05, 4.69) is 20.8 Å². The molecule has 3 rings (SSSR count). The van der Waals surface area contributed by atoms with Crippen LogP contribution in [0.4, 0.5) is 5.69 Å². The molecule has 0 spiro atoms. The molecule has 2 saturated carbocycles. The van der Waals surface area contributed by atoms with Crippen molar-refractivity contribution >= 4 is 11.7 Å². The van der Waals surface area contributed by atoms with E-state index in [0.29, 0.717) is 34.8 Å². The molecule has 0 amide bonds. The molecule has 2 fully saturated rings. The Bertz CT molecular complexity index is 593. The molecule has 0 saturated heterocycles. The van der Waals surface area contributed by atoms with Crippen LogP contribution in [0.2, 0.25) is 0 Å². The van der Waals surface area contributed by atoms with Crippen LogP contribution in [0.3, 0.4) is 0 Å². The number of hydrogen-bond acceptors (Lipinski definition) is 4. The highest BCUT2D eigenvalue weighted by Gasteiger charge is 2.60. The number of nitrogens with one attached hydrogen (secondary N) is 1. The molecule has 5 nitrogen and oxygen atoms in total. The third kappa shape index (κ3) is 2.67. The summed E-state index contributed by atoms with van der Waals surface area (Å²) in [5.41, 5.74) is 1.25. The number of benzene rings is 1. The quantitative estimate of drug-likeness (QED) is 0.661. The van der Waals surface area contributed by atoms with Crippen molar-refractivity contribution in [3.63, 3.8) is 0 Å². The fourth-order valence-electron chi connectivity index (χ4n) is 4.71. The SMILES string of the molecule is CC12CCC(C(COC(=O)c3ccc([NH+]([O-])O)cc3)C1)C2(C)C. The fourth-order valence-corrected chi connectivity index (χ4v) is 4.71. The average Bonchev–Trinajstić information content (AvgIpc) is 2.85. The number of carbonyl (C=O) groups is 1. The van der Waals surface area contributed by atoms with Crippen LogP contribution in [0.15, 0.2) is 24.3 Å². The lowest BCUT2D eigenvalue weighted by atomic mass is 9.71.